The molecule has 1 atom stereocenters. The summed E-state index contributed by atoms with van der Waals surface area (Å²) in [5, 5.41) is 7.10. The van der Waals surface area contributed by atoms with Gasteiger partial charge in [0.1, 0.15) is 5.69 Å². The van der Waals surface area contributed by atoms with E-state index in [1.807, 2.05) is 0 Å². The highest BCUT2D eigenvalue weighted by molar-refractivity contribution is 4.97. The van der Waals surface area contributed by atoms with Crippen molar-refractivity contribution in [3.05, 3.63) is 11.9 Å². The molecule has 1 aromatic heterocycles. The molecule has 5 heteroatoms. The van der Waals surface area contributed by atoms with Crippen molar-refractivity contribution in [2.24, 2.45) is 12.8 Å². The van der Waals surface area contributed by atoms with Crippen molar-refractivity contribution in [1.82, 2.24) is 15.0 Å². The third kappa shape index (κ3) is 1.30. The minimum Gasteiger partial charge on any atom is -0.327 e. The number of alkyl halides is 1. The number of aromatic nitrogens is 3. The van der Waals surface area contributed by atoms with Crippen LogP contribution in [0.3, 0.4) is 0 Å². The summed E-state index contributed by atoms with van der Waals surface area (Å²) in [6.07, 6.45) is 0.325. The van der Waals surface area contributed by atoms with Gasteiger partial charge in [0.2, 0.25) is 0 Å². The van der Waals surface area contributed by atoms with Gasteiger partial charge in [-0.15, -0.1) is 5.10 Å². The van der Waals surface area contributed by atoms with Crippen LogP contribution in [0.1, 0.15) is 11.9 Å². The number of aryl methyl sites for hydroxylation is 1. The molecule has 1 aromatic rings. The largest absolute Gasteiger partial charge is 0.327 e. The molecule has 0 saturated carbocycles. The van der Waals surface area contributed by atoms with Gasteiger partial charge in [-0.25, -0.2) is 4.39 Å². The molecule has 0 spiro atoms. The van der Waals surface area contributed by atoms with E-state index in [1.165, 1.54) is 10.9 Å². The summed E-state index contributed by atoms with van der Waals surface area (Å²) in [5.74, 6) is 0. The molecular weight excluding hydrogens is 135 g/mol. The second-order valence-corrected chi connectivity index (χ2v) is 2.02. The van der Waals surface area contributed by atoms with Crippen molar-refractivity contribution in [2.75, 3.05) is 6.54 Å². The summed E-state index contributed by atoms with van der Waals surface area (Å²) in [4.78, 5) is 0. The smallest absolute Gasteiger partial charge is 0.157 e. The minimum atomic E-state index is -1.19. The summed E-state index contributed by atoms with van der Waals surface area (Å²) in [6, 6.07) is 0. The van der Waals surface area contributed by atoms with Crippen molar-refractivity contribution < 1.29 is 4.39 Å². The first-order valence-electron chi connectivity index (χ1n) is 2.94. The van der Waals surface area contributed by atoms with E-state index in [4.69, 9.17) is 5.73 Å². The predicted octanol–water partition coefficient (Wildman–Crippen LogP) is -0.216. The zero-order valence-electron chi connectivity index (χ0n) is 5.66. The Hall–Kier alpha value is -0.970. The topological polar surface area (TPSA) is 56.7 Å². The Balaban J connectivity index is 2.74. The molecule has 10 heavy (non-hydrogen) atoms. The number of halogens is 1. The van der Waals surface area contributed by atoms with E-state index in [1.54, 1.807) is 7.05 Å². The molecule has 0 bridgehead atoms. The van der Waals surface area contributed by atoms with E-state index in [2.05, 4.69) is 10.3 Å². The van der Waals surface area contributed by atoms with Crippen molar-refractivity contribution in [2.45, 2.75) is 6.17 Å². The van der Waals surface area contributed by atoms with E-state index < -0.39 is 6.17 Å². The average Bonchev–Trinajstić information content (AvgIpc) is 2.34. The lowest BCUT2D eigenvalue weighted by Gasteiger charge is -1.96. The van der Waals surface area contributed by atoms with E-state index >= 15 is 0 Å². The Bertz CT molecular complexity index is 209. The van der Waals surface area contributed by atoms with Crippen LogP contribution in [-0.4, -0.2) is 21.5 Å². The molecule has 1 unspecified atom stereocenters. The van der Waals surface area contributed by atoms with Gasteiger partial charge in [-0.05, 0) is 0 Å². The third-order valence-corrected chi connectivity index (χ3v) is 1.15. The van der Waals surface area contributed by atoms with Crippen LogP contribution < -0.4 is 5.73 Å². The number of hydrogen-bond acceptors (Lipinski definition) is 3. The van der Waals surface area contributed by atoms with Gasteiger partial charge in [-0.3, -0.25) is 4.68 Å². The van der Waals surface area contributed by atoms with Crippen LogP contribution in [-0.2, 0) is 7.05 Å². The Kier molecular flexibility index (Phi) is 1.96. The third-order valence-electron chi connectivity index (χ3n) is 1.15. The second-order valence-electron chi connectivity index (χ2n) is 2.02. The highest BCUT2D eigenvalue weighted by Gasteiger charge is 2.09. The molecular formula is C5H9FN4. The highest BCUT2D eigenvalue weighted by atomic mass is 19.1. The number of nitrogens with zero attached hydrogens (tertiary/aromatic N) is 3. The Morgan fingerprint density at radius 1 is 1.90 bits per heavy atom. The number of hydrogen-bond donors (Lipinski definition) is 1. The van der Waals surface area contributed by atoms with Crippen molar-refractivity contribution in [1.29, 1.82) is 0 Å². The van der Waals surface area contributed by atoms with Crippen LogP contribution in [0.4, 0.5) is 4.39 Å². The first-order chi connectivity index (χ1) is 4.74. The van der Waals surface area contributed by atoms with Gasteiger partial charge in [-0.2, -0.15) is 0 Å². The lowest BCUT2D eigenvalue weighted by Crippen LogP contribution is -2.07. The van der Waals surface area contributed by atoms with Crippen LogP contribution in [0.2, 0.25) is 0 Å². The molecule has 2 N–H and O–H groups in total. The molecule has 0 amide bonds. The maximum Gasteiger partial charge on any atom is 0.157 e. The molecule has 0 aliphatic carbocycles. The molecule has 1 rings (SSSR count). The van der Waals surface area contributed by atoms with Crippen molar-refractivity contribution in [3.8, 4) is 0 Å². The summed E-state index contributed by atoms with van der Waals surface area (Å²) < 4.78 is 14.1. The summed E-state index contributed by atoms with van der Waals surface area (Å²) >= 11 is 0. The molecule has 1 heterocycles. The van der Waals surface area contributed by atoms with E-state index in [0.29, 0.717) is 5.69 Å². The molecule has 0 aromatic carbocycles. The van der Waals surface area contributed by atoms with Crippen LogP contribution in [0.25, 0.3) is 0 Å². The Morgan fingerprint density at radius 3 is 3.00 bits per heavy atom. The lowest BCUT2D eigenvalue weighted by atomic mass is 10.3. The molecule has 0 aliphatic rings. The van der Waals surface area contributed by atoms with Crippen molar-refractivity contribution in [3.63, 3.8) is 0 Å². The van der Waals surface area contributed by atoms with Gasteiger partial charge in [0.25, 0.3) is 0 Å². The quantitative estimate of drug-likeness (QED) is 0.624. The predicted molar refractivity (Wildman–Crippen MR) is 33.9 cm³/mol. The molecule has 0 fully saturated rings. The van der Waals surface area contributed by atoms with Gasteiger partial charge in [0, 0.05) is 13.6 Å². The van der Waals surface area contributed by atoms with Crippen LogP contribution in [0.15, 0.2) is 6.20 Å². The molecule has 0 saturated heterocycles. The van der Waals surface area contributed by atoms with Crippen LogP contribution in [0.5, 0.6) is 0 Å². The first-order valence-corrected chi connectivity index (χ1v) is 2.94. The SMILES string of the molecule is Cn1cc(C(F)CN)nn1. The molecule has 56 valence electrons. The minimum absolute atomic E-state index is 0.0430. The number of nitrogens with two attached hydrogens (primary N) is 1. The fourth-order valence-corrected chi connectivity index (χ4v) is 0.630. The van der Waals surface area contributed by atoms with Gasteiger partial charge in [-0.1, -0.05) is 5.21 Å². The van der Waals surface area contributed by atoms with Gasteiger partial charge in [0.15, 0.2) is 6.17 Å². The lowest BCUT2D eigenvalue weighted by molar-refractivity contribution is 0.344. The second kappa shape index (κ2) is 2.74. The zero-order chi connectivity index (χ0) is 7.56. The van der Waals surface area contributed by atoms with E-state index in [0.717, 1.165) is 0 Å². The maximum atomic E-state index is 12.6. The number of rotatable bonds is 2. The summed E-state index contributed by atoms with van der Waals surface area (Å²) in [6.45, 7) is -0.0430. The van der Waals surface area contributed by atoms with E-state index in [-0.39, 0.29) is 6.54 Å². The first kappa shape index (κ1) is 7.14. The average molecular weight is 144 g/mol. The van der Waals surface area contributed by atoms with E-state index in [9.17, 15) is 4.39 Å². The molecule has 0 radical (unpaired) electrons. The Labute approximate surface area is 57.8 Å². The van der Waals surface area contributed by atoms with Crippen LogP contribution in [0, 0.1) is 0 Å². The fraction of sp³-hybridized carbons (Fsp3) is 0.600. The zero-order valence-corrected chi connectivity index (χ0v) is 5.66. The van der Waals surface area contributed by atoms with Gasteiger partial charge in [0.05, 0.1) is 6.20 Å². The monoisotopic (exact) mass is 144 g/mol. The van der Waals surface area contributed by atoms with Gasteiger partial charge < -0.3 is 5.73 Å². The highest BCUT2D eigenvalue weighted by Crippen LogP contribution is 2.10. The normalized spacial score (nSPS) is 13.5. The maximum absolute atomic E-state index is 12.6. The summed E-state index contributed by atoms with van der Waals surface area (Å²) in [7, 11) is 1.68. The molecule has 0 aliphatic heterocycles. The van der Waals surface area contributed by atoms with Crippen molar-refractivity contribution >= 4 is 0 Å². The Morgan fingerprint density at radius 2 is 2.60 bits per heavy atom. The fourth-order valence-electron chi connectivity index (χ4n) is 0.630. The van der Waals surface area contributed by atoms with Crippen LogP contribution >= 0.6 is 0 Å². The molecule has 4 nitrogen and oxygen atoms in total. The standard InChI is InChI=1S/C5H9FN4/c1-10-3-5(8-9-10)4(6)2-7/h3-4H,2,7H2,1H3. The van der Waals surface area contributed by atoms with Gasteiger partial charge >= 0.3 is 0 Å². The summed E-state index contributed by atoms with van der Waals surface area (Å²) in [5.41, 5.74) is 5.36.